The first-order valence-electron chi connectivity index (χ1n) is 7.34. The molecule has 0 N–H and O–H groups in total. The number of rotatable bonds is 6. The number of hydrogen-bond acceptors (Lipinski definition) is 5. The van der Waals surface area contributed by atoms with Crippen LogP contribution in [0, 0.1) is 0 Å². The standard InChI is InChI=1S/C16H20ClNO4/c1-3-18(9-12-4-6-13(17)7-5-12)10-15(19)22-14-8-11(2)21-16(14)20/h4-7,11,14H,3,8-10H2,1-2H3/t11-,14-/m0/s1. The van der Waals surface area contributed by atoms with E-state index in [1.54, 1.807) is 6.92 Å². The highest BCUT2D eigenvalue weighted by molar-refractivity contribution is 6.30. The number of carbonyl (C=O) groups excluding carboxylic acids is 2. The molecular weight excluding hydrogens is 306 g/mol. The van der Waals surface area contributed by atoms with Crippen LogP contribution in [-0.2, 0) is 25.6 Å². The topological polar surface area (TPSA) is 55.8 Å². The molecule has 0 spiro atoms. The van der Waals surface area contributed by atoms with Gasteiger partial charge in [-0.05, 0) is 31.2 Å². The van der Waals surface area contributed by atoms with Crippen LogP contribution in [0.15, 0.2) is 24.3 Å². The van der Waals surface area contributed by atoms with E-state index in [0.29, 0.717) is 24.5 Å². The van der Waals surface area contributed by atoms with Crippen LogP contribution >= 0.6 is 11.6 Å². The summed E-state index contributed by atoms with van der Waals surface area (Å²) in [6.07, 6.45) is -0.535. The van der Waals surface area contributed by atoms with Gasteiger partial charge in [0.15, 0.2) is 0 Å². The summed E-state index contributed by atoms with van der Waals surface area (Å²) in [4.78, 5) is 25.4. The van der Waals surface area contributed by atoms with Gasteiger partial charge in [0.1, 0.15) is 6.10 Å². The van der Waals surface area contributed by atoms with Crippen molar-refractivity contribution in [3.05, 3.63) is 34.9 Å². The first kappa shape index (κ1) is 16.8. The summed E-state index contributed by atoms with van der Waals surface area (Å²) in [6, 6.07) is 7.48. The molecule has 1 heterocycles. The normalized spacial score (nSPS) is 21.0. The highest BCUT2D eigenvalue weighted by Gasteiger charge is 2.35. The predicted octanol–water partition coefficient (Wildman–Crippen LogP) is 2.41. The molecule has 2 rings (SSSR count). The Labute approximate surface area is 135 Å². The SMILES string of the molecule is CCN(CC(=O)O[C@H]1C[C@H](C)OC1=O)Cc1ccc(Cl)cc1. The zero-order chi connectivity index (χ0) is 16.1. The van der Waals surface area contributed by atoms with E-state index in [-0.39, 0.29) is 12.6 Å². The Hall–Kier alpha value is -1.59. The van der Waals surface area contributed by atoms with Gasteiger partial charge in [-0.15, -0.1) is 0 Å². The summed E-state index contributed by atoms with van der Waals surface area (Å²) in [5.74, 6) is -0.867. The molecule has 0 aromatic heterocycles. The fourth-order valence-electron chi connectivity index (χ4n) is 2.32. The van der Waals surface area contributed by atoms with Crippen molar-refractivity contribution in [3.63, 3.8) is 0 Å². The molecule has 1 fully saturated rings. The van der Waals surface area contributed by atoms with Gasteiger partial charge in [-0.3, -0.25) is 9.69 Å². The second-order valence-corrected chi connectivity index (χ2v) is 5.83. The van der Waals surface area contributed by atoms with Crippen LogP contribution < -0.4 is 0 Å². The predicted molar refractivity (Wildman–Crippen MR) is 82.5 cm³/mol. The van der Waals surface area contributed by atoms with Crippen molar-refractivity contribution in [3.8, 4) is 0 Å². The number of benzene rings is 1. The zero-order valence-electron chi connectivity index (χ0n) is 12.8. The molecule has 22 heavy (non-hydrogen) atoms. The van der Waals surface area contributed by atoms with Gasteiger partial charge >= 0.3 is 11.9 Å². The first-order valence-corrected chi connectivity index (χ1v) is 7.72. The monoisotopic (exact) mass is 325 g/mol. The zero-order valence-corrected chi connectivity index (χ0v) is 13.5. The quantitative estimate of drug-likeness (QED) is 0.752. The fraction of sp³-hybridized carbons (Fsp3) is 0.500. The van der Waals surface area contributed by atoms with Crippen LogP contribution in [0.5, 0.6) is 0 Å². The van der Waals surface area contributed by atoms with E-state index in [1.165, 1.54) is 0 Å². The van der Waals surface area contributed by atoms with Crippen molar-refractivity contribution in [2.24, 2.45) is 0 Å². The van der Waals surface area contributed by atoms with Gasteiger partial charge in [-0.1, -0.05) is 30.7 Å². The Kier molecular flexibility index (Phi) is 5.80. The molecule has 0 bridgehead atoms. The van der Waals surface area contributed by atoms with Gasteiger partial charge in [0.05, 0.1) is 6.54 Å². The van der Waals surface area contributed by atoms with E-state index < -0.39 is 18.0 Å². The van der Waals surface area contributed by atoms with E-state index in [2.05, 4.69) is 0 Å². The molecule has 1 aromatic rings. The third kappa shape index (κ3) is 4.71. The maximum Gasteiger partial charge on any atom is 0.347 e. The number of likely N-dealkylation sites (N-methyl/N-ethyl adjacent to an activating group) is 1. The summed E-state index contributed by atoms with van der Waals surface area (Å²) < 4.78 is 10.2. The average molecular weight is 326 g/mol. The molecule has 0 radical (unpaired) electrons. The van der Waals surface area contributed by atoms with E-state index in [0.717, 1.165) is 5.56 Å². The summed E-state index contributed by atoms with van der Waals surface area (Å²) in [6.45, 7) is 5.20. The number of cyclic esters (lactones) is 1. The molecule has 1 aliphatic heterocycles. The molecule has 5 nitrogen and oxygen atoms in total. The van der Waals surface area contributed by atoms with Gasteiger partial charge in [0.2, 0.25) is 6.10 Å². The van der Waals surface area contributed by atoms with Crippen LogP contribution in [0.4, 0.5) is 0 Å². The number of esters is 2. The van der Waals surface area contributed by atoms with Crippen LogP contribution in [0.2, 0.25) is 5.02 Å². The van der Waals surface area contributed by atoms with Gasteiger partial charge in [-0.2, -0.15) is 0 Å². The molecule has 1 aliphatic rings. The third-order valence-electron chi connectivity index (χ3n) is 3.52. The molecule has 0 amide bonds. The van der Waals surface area contributed by atoms with Crippen molar-refractivity contribution >= 4 is 23.5 Å². The molecule has 0 aliphatic carbocycles. The molecule has 1 saturated heterocycles. The lowest BCUT2D eigenvalue weighted by Gasteiger charge is -2.20. The van der Waals surface area contributed by atoms with E-state index in [1.807, 2.05) is 36.1 Å². The fourth-order valence-corrected chi connectivity index (χ4v) is 2.45. The Morgan fingerprint density at radius 3 is 2.64 bits per heavy atom. The second-order valence-electron chi connectivity index (χ2n) is 5.39. The van der Waals surface area contributed by atoms with E-state index in [9.17, 15) is 9.59 Å². The minimum atomic E-state index is -0.767. The molecule has 120 valence electrons. The molecule has 0 saturated carbocycles. The van der Waals surface area contributed by atoms with Crippen LogP contribution in [0.25, 0.3) is 0 Å². The minimum absolute atomic E-state index is 0.136. The Bertz CT molecular complexity index is 531. The van der Waals surface area contributed by atoms with Crippen molar-refractivity contribution < 1.29 is 19.1 Å². The lowest BCUT2D eigenvalue weighted by Crippen LogP contribution is -2.33. The van der Waals surface area contributed by atoms with Crippen molar-refractivity contribution in [1.82, 2.24) is 4.90 Å². The van der Waals surface area contributed by atoms with Gasteiger partial charge in [0.25, 0.3) is 0 Å². The largest absolute Gasteiger partial charge is 0.460 e. The number of hydrogen-bond donors (Lipinski definition) is 0. The number of carbonyl (C=O) groups is 2. The summed E-state index contributed by atoms with van der Waals surface area (Å²) in [5, 5.41) is 0.681. The Morgan fingerprint density at radius 1 is 1.41 bits per heavy atom. The first-order chi connectivity index (χ1) is 10.5. The number of nitrogens with zero attached hydrogens (tertiary/aromatic N) is 1. The third-order valence-corrected chi connectivity index (χ3v) is 3.77. The average Bonchev–Trinajstić information content (AvgIpc) is 2.78. The lowest BCUT2D eigenvalue weighted by atomic mass is 10.2. The van der Waals surface area contributed by atoms with Crippen LogP contribution in [0.1, 0.15) is 25.8 Å². The molecule has 1 aromatic carbocycles. The number of ether oxygens (including phenoxy) is 2. The van der Waals surface area contributed by atoms with Gasteiger partial charge in [-0.25, -0.2) is 4.79 Å². The second kappa shape index (κ2) is 7.61. The maximum absolute atomic E-state index is 12.0. The lowest BCUT2D eigenvalue weighted by molar-refractivity contribution is -0.161. The Morgan fingerprint density at radius 2 is 2.09 bits per heavy atom. The smallest absolute Gasteiger partial charge is 0.347 e. The Balaban J connectivity index is 1.85. The van der Waals surface area contributed by atoms with Crippen molar-refractivity contribution in [2.75, 3.05) is 13.1 Å². The highest BCUT2D eigenvalue weighted by atomic mass is 35.5. The molecular formula is C16H20ClNO4. The van der Waals surface area contributed by atoms with Crippen LogP contribution in [0.3, 0.4) is 0 Å². The molecule has 2 atom stereocenters. The van der Waals surface area contributed by atoms with E-state index in [4.69, 9.17) is 21.1 Å². The summed E-state index contributed by atoms with van der Waals surface area (Å²) >= 11 is 5.86. The van der Waals surface area contributed by atoms with E-state index >= 15 is 0 Å². The molecule has 6 heteroatoms. The van der Waals surface area contributed by atoms with Gasteiger partial charge in [0, 0.05) is 18.0 Å². The summed E-state index contributed by atoms with van der Waals surface area (Å²) in [5.41, 5.74) is 1.06. The molecule has 0 unspecified atom stereocenters. The summed E-state index contributed by atoms with van der Waals surface area (Å²) in [7, 11) is 0. The van der Waals surface area contributed by atoms with Crippen molar-refractivity contribution in [2.45, 2.75) is 39.0 Å². The highest BCUT2D eigenvalue weighted by Crippen LogP contribution is 2.17. The van der Waals surface area contributed by atoms with Crippen molar-refractivity contribution in [1.29, 1.82) is 0 Å². The van der Waals surface area contributed by atoms with Crippen LogP contribution in [-0.4, -0.2) is 42.1 Å². The number of halogens is 1. The minimum Gasteiger partial charge on any atom is -0.460 e. The maximum atomic E-state index is 12.0. The van der Waals surface area contributed by atoms with Gasteiger partial charge < -0.3 is 9.47 Å².